The van der Waals surface area contributed by atoms with Gasteiger partial charge in [-0.05, 0) is 42.2 Å². The minimum Gasteiger partial charge on any atom is -0.481 e. The number of carboxylic acids is 1. The van der Waals surface area contributed by atoms with Crippen molar-refractivity contribution in [2.45, 2.75) is 77.6 Å². The van der Waals surface area contributed by atoms with Crippen LogP contribution in [-0.2, 0) is 11.2 Å². The Labute approximate surface area is 141 Å². The smallest absolute Gasteiger partial charge is 0.310 e. The number of hydrogen-bond acceptors (Lipinski definition) is 1. The summed E-state index contributed by atoms with van der Waals surface area (Å²) in [5, 5.41) is 9.23. The van der Waals surface area contributed by atoms with E-state index in [0.29, 0.717) is 6.42 Å². The van der Waals surface area contributed by atoms with Crippen LogP contribution in [0.15, 0.2) is 24.3 Å². The van der Waals surface area contributed by atoms with Crippen LogP contribution in [0.25, 0.3) is 0 Å². The van der Waals surface area contributed by atoms with Gasteiger partial charge in [-0.15, -0.1) is 0 Å². The average molecular weight is 316 g/mol. The van der Waals surface area contributed by atoms with Gasteiger partial charge in [0.05, 0.1) is 5.92 Å². The molecule has 0 radical (unpaired) electrons. The van der Waals surface area contributed by atoms with Crippen molar-refractivity contribution in [3.8, 4) is 0 Å². The molecule has 0 amide bonds. The number of aryl methyl sites for hydroxylation is 1. The number of carboxylic acid groups (broad SMARTS) is 1. The van der Waals surface area contributed by atoms with E-state index in [9.17, 15) is 9.90 Å². The second-order valence-electron chi connectivity index (χ2n) is 7.25. The third kappa shape index (κ3) is 5.37. The van der Waals surface area contributed by atoms with Crippen molar-refractivity contribution < 1.29 is 9.90 Å². The second-order valence-corrected chi connectivity index (χ2v) is 7.25. The van der Waals surface area contributed by atoms with Crippen molar-refractivity contribution in [3.63, 3.8) is 0 Å². The van der Waals surface area contributed by atoms with Gasteiger partial charge in [-0.25, -0.2) is 0 Å². The van der Waals surface area contributed by atoms with Gasteiger partial charge in [-0.3, -0.25) is 4.79 Å². The van der Waals surface area contributed by atoms with Crippen molar-refractivity contribution in [1.29, 1.82) is 0 Å². The van der Waals surface area contributed by atoms with Gasteiger partial charge >= 0.3 is 5.97 Å². The number of rotatable bonds is 8. The summed E-state index contributed by atoms with van der Waals surface area (Å²) >= 11 is 0. The third-order valence-corrected chi connectivity index (χ3v) is 5.59. The Bertz CT molecular complexity index is 469. The fourth-order valence-electron chi connectivity index (χ4n) is 4.06. The van der Waals surface area contributed by atoms with Crippen molar-refractivity contribution in [2.75, 3.05) is 0 Å². The van der Waals surface area contributed by atoms with Gasteiger partial charge in [0.1, 0.15) is 0 Å². The largest absolute Gasteiger partial charge is 0.481 e. The molecule has 1 unspecified atom stereocenters. The van der Waals surface area contributed by atoms with Gasteiger partial charge in [-0.2, -0.15) is 0 Å². The molecule has 23 heavy (non-hydrogen) atoms. The first kappa shape index (κ1) is 18.0. The molecule has 2 heteroatoms. The minimum atomic E-state index is -0.718. The van der Waals surface area contributed by atoms with E-state index < -0.39 is 5.97 Å². The lowest BCUT2D eigenvalue weighted by Gasteiger charge is -2.28. The Morgan fingerprint density at radius 2 is 1.61 bits per heavy atom. The highest BCUT2D eigenvalue weighted by atomic mass is 16.4. The number of benzene rings is 1. The van der Waals surface area contributed by atoms with E-state index in [1.54, 1.807) is 0 Å². The predicted molar refractivity (Wildman–Crippen MR) is 95.8 cm³/mol. The topological polar surface area (TPSA) is 37.3 Å². The lowest BCUT2D eigenvalue weighted by molar-refractivity contribution is -0.138. The molecule has 0 heterocycles. The molecule has 1 fully saturated rings. The maximum Gasteiger partial charge on any atom is 0.310 e. The van der Waals surface area contributed by atoms with Gasteiger partial charge < -0.3 is 5.11 Å². The number of hydrogen-bond donors (Lipinski definition) is 1. The van der Waals surface area contributed by atoms with E-state index in [1.165, 1.54) is 50.5 Å². The van der Waals surface area contributed by atoms with Crippen molar-refractivity contribution in [1.82, 2.24) is 0 Å². The first-order chi connectivity index (χ1) is 11.1. The summed E-state index contributed by atoms with van der Waals surface area (Å²) in [6.07, 6.45) is 11.5. The van der Waals surface area contributed by atoms with Crippen LogP contribution in [0.3, 0.4) is 0 Å². The molecular formula is C21H32O2. The summed E-state index contributed by atoms with van der Waals surface area (Å²) in [7, 11) is 0. The van der Waals surface area contributed by atoms with Crippen LogP contribution in [-0.4, -0.2) is 11.1 Å². The zero-order chi connectivity index (χ0) is 16.7. The molecule has 1 aliphatic rings. The van der Waals surface area contributed by atoms with E-state index >= 15 is 0 Å². The van der Waals surface area contributed by atoms with Crippen molar-refractivity contribution in [2.24, 2.45) is 11.8 Å². The van der Waals surface area contributed by atoms with Gasteiger partial charge in [0.15, 0.2) is 0 Å². The van der Waals surface area contributed by atoms with Crippen LogP contribution in [0.4, 0.5) is 0 Å². The van der Waals surface area contributed by atoms with Crippen molar-refractivity contribution >= 4 is 5.97 Å². The molecule has 1 atom stereocenters. The van der Waals surface area contributed by atoms with Crippen LogP contribution in [0, 0.1) is 11.8 Å². The molecule has 0 bridgehead atoms. The lowest BCUT2D eigenvalue weighted by atomic mass is 9.78. The Balaban J connectivity index is 1.79. The van der Waals surface area contributed by atoms with Crippen LogP contribution in [0.2, 0.25) is 0 Å². The quantitative estimate of drug-likeness (QED) is 0.657. The SMILES string of the molecule is CCC[C@H]1CC[C@H](CCc2ccc(C(CC)C(=O)O)cc2)CC1. The molecular weight excluding hydrogens is 284 g/mol. The molecule has 0 spiro atoms. The number of aliphatic carboxylic acids is 1. The second kappa shape index (κ2) is 9.10. The highest BCUT2D eigenvalue weighted by Gasteiger charge is 2.20. The zero-order valence-electron chi connectivity index (χ0n) is 14.8. The first-order valence-electron chi connectivity index (χ1n) is 9.45. The Morgan fingerprint density at radius 3 is 2.09 bits per heavy atom. The standard InChI is InChI=1S/C21H32O2/c1-3-5-16-6-8-17(9-7-16)10-11-18-12-14-19(15-13-18)20(4-2)21(22)23/h12-17,20H,3-11H2,1-2H3,(H,22,23)/t16-,17-,20?. The first-order valence-corrected chi connectivity index (χ1v) is 9.45. The summed E-state index contributed by atoms with van der Waals surface area (Å²) in [5.74, 6) is 0.796. The molecule has 2 nitrogen and oxygen atoms in total. The highest BCUT2D eigenvalue weighted by molar-refractivity contribution is 5.75. The Morgan fingerprint density at radius 1 is 1.04 bits per heavy atom. The van der Waals surface area contributed by atoms with Gasteiger partial charge in [0.2, 0.25) is 0 Å². The predicted octanol–water partition coefficient (Wildman–Crippen LogP) is 5.80. The molecule has 0 saturated heterocycles. The summed E-state index contributed by atoms with van der Waals surface area (Å²) < 4.78 is 0. The monoisotopic (exact) mass is 316 g/mol. The van der Waals surface area contributed by atoms with Gasteiger partial charge in [0.25, 0.3) is 0 Å². The molecule has 0 aliphatic heterocycles. The average Bonchev–Trinajstić information content (AvgIpc) is 2.56. The molecule has 1 N–H and O–H groups in total. The molecule has 0 aromatic heterocycles. The Kier molecular flexibility index (Phi) is 7.14. The molecule has 1 aliphatic carbocycles. The zero-order valence-corrected chi connectivity index (χ0v) is 14.8. The summed E-state index contributed by atoms with van der Waals surface area (Å²) in [5.41, 5.74) is 2.29. The maximum atomic E-state index is 11.2. The molecule has 128 valence electrons. The van der Waals surface area contributed by atoms with Crippen LogP contribution in [0.1, 0.15) is 82.3 Å². The van der Waals surface area contributed by atoms with Gasteiger partial charge in [0, 0.05) is 0 Å². The van der Waals surface area contributed by atoms with Crippen LogP contribution in [0.5, 0.6) is 0 Å². The normalized spacial score (nSPS) is 22.7. The number of carbonyl (C=O) groups is 1. The summed E-state index contributed by atoms with van der Waals surface area (Å²) in [6, 6.07) is 8.28. The third-order valence-electron chi connectivity index (χ3n) is 5.59. The molecule has 1 aromatic rings. The van der Waals surface area contributed by atoms with E-state index in [-0.39, 0.29) is 5.92 Å². The molecule has 1 aromatic carbocycles. The summed E-state index contributed by atoms with van der Waals surface area (Å²) in [4.78, 5) is 11.2. The van der Waals surface area contributed by atoms with E-state index in [0.717, 1.165) is 23.8 Å². The fourth-order valence-corrected chi connectivity index (χ4v) is 4.06. The summed E-state index contributed by atoms with van der Waals surface area (Å²) in [6.45, 7) is 4.23. The molecule has 2 rings (SSSR count). The minimum absolute atomic E-state index is 0.363. The molecule has 1 saturated carbocycles. The lowest BCUT2D eigenvalue weighted by Crippen LogP contribution is -2.15. The van der Waals surface area contributed by atoms with E-state index in [1.807, 2.05) is 19.1 Å². The van der Waals surface area contributed by atoms with E-state index in [2.05, 4.69) is 19.1 Å². The van der Waals surface area contributed by atoms with Crippen LogP contribution >= 0.6 is 0 Å². The maximum absolute atomic E-state index is 11.2. The fraction of sp³-hybridized carbons (Fsp3) is 0.667. The Hall–Kier alpha value is -1.31. The van der Waals surface area contributed by atoms with E-state index in [4.69, 9.17) is 0 Å². The van der Waals surface area contributed by atoms with Crippen molar-refractivity contribution in [3.05, 3.63) is 35.4 Å². The van der Waals surface area contributed by atoms with Gasteiger partial charge in [-0.1, -0.05) is 76.6 Å². The highest BCUT2D eigenvalue weighted by Crippen LogP contribution is 2.33. The van der Waals surface area contributed by atoms with Crippen LogP contribution < -0.4 is 0 Å².